The first-order valence-corrected chi connectivity index (χ1v) is 6.38. The second-order valence-corrected chi connectivity index (χ2v) is 6.12. The van der Waals surface area contributed by atoms with Crippen molar-refractivity contribution in [3.8, 4) is 0 Å². The molecule has 1 N–H and O–H groups in total. The molecule has 2 fully saturated rings. The lowest BCUT2D eigenvalue weighted by atomic mass is 9.69. The lowest BCUT2D eigenvalue weighted by Crippen LogP contribution is -2.44. The highest BCUT2D eigenvalue weighted by atomic mass is 16.7. The van der Waals surface area contributed by atoms with E-state index < -0.39 is 0 Å². The fraction of sp³-hybridized carbons (Fsp3) is 1.00. The van der Waals surface area contributed by atoms with E-state index in [1.165, 1.54) is 19.3 Å². The summed E-state index contributed by atoms with van der Waals surface area (Å²) in [7, 11) is 1.70. The molecule has 0 amide bonds. The van der Waals surface area contributed by atoms with Crippen LogP contribution in [0.5, 0.6) is 0 Å². The molecule has 0 aromatic heterocycles. The highest BCUT2D eigenvalue weighted by Crippen LogP contribution is 2.65. The molecule has 0 radical (unpaired) electrons. The van der Waals surface area contributed by atoms with Gasteiger partial charge in [0, 0.05) is 13.2 Å². The average Bonchev–Trinajstić information content (AvgIpc) is 2.57. The standard InChI is InChI=1S/C13H25NO2/c1-12(2)10-5-6-13(12,3)11(9-10)14-16-8-7-15-4/h10-11,14H,5-9H2,1-4H3. The van der Waals surface area contributed by atoms with Crippen molar-refractivity contribution in [2.75, 3.05) is 20.3 Å². The Morgan fingerprint density at radius 3 is 2.50 bits per heavy atom. The third kappa shape index (κ3) is 1.69. The van der Waals surface area contributed by atoms with Crippen LogP contribution in [0, 0.1) is 16.7 Å². The Bertz CT molecular complexity index is 254. The quantitative estimate of drug-likeness (QED) is 0.578. The molecular weight excluding hydrogens is 202 g/mol. The van der Waals surface area contributed by atoms with Gasteiger partial charge in [-0.05, 0) is 36.0 Å². The van der Waals surface area contributed by atoms with Crippen molar-refractivity contribution < 1.29 is 9.57 Å². The van der Waals surface area contributed by atoms with Gasteiger partial charge in [0.15, 0.2) is 0 Å². The van der Waals surface area contributed by atoms with E-state index in [0.717, 1.165) is 5.92 Å². The Hall–Kier alpha value is -0.120. The summed E-state index contributed by atoms with van der Waals surface area (Å²) in [5.41, 5.74) is 4.11. The van der Waals surface area contributed by atoms with Crippen molar-refractivity contribution in [2.45, 2.75) is 46.1 Å². The highest BCUT2D eigenvalue weighted by molar-refractivity contribution is 5.12. The Labute approximate surface area is 98.8 Å². The SMILES string of the molecule is COCCONC1CC2CCC1(C)C2(C)C. The van der Waals surface area contributed by atoms with Crippen molar-refractivity contribution in [3.63, 3.8) is 0 Å². The van der Waals surface area contributed by atoms with E-state index >= 15 is 0 Å². The van der Waals surface area contributed by atoms with E-state index in [2.05, 4.69) is 26.3 Å². The molecule has 0 aromatic rings. The number of methoxy groups -OCH3 is 1. The van der Waals surface area contributed by atoms with Crippen LogP contribution in [0.1, 0.15) is 40.0 Å². The first kappa shape index (κ1) is 12.3. The Morgan fingerprint density at radius 2 is 2.00 bits per heavy atom. The van der Waals surface area contributed by atoms with Crippen LogP contribution in [-0.4, -0.2) is 26.4 Å². The van der Waals surface area contributed by atoms with Crippen LogP contribution in [0.15, 0.2) is 0 Å². The van der Waals surface area contributed by atoms with Gasteiger partial charge in [0.25, 0.3) is 0 Å². The van der Waals surface area contributed by atoms with Gasteiger partial charge in [-0.2, -0.15) is 5.48 Å². The van der Waals surface area contributed by atoms with Gasteiger partial charge in [-0.15, -0.1) is 0 Å². The Morgan fingerprint density at radius 1 is 1.25 bits per heavy atom. The number of ether oxygens (including phenoxy) is 1. The third-order valence-corrected chi connectivity index (χ3v) is 5.41. The van der Waals surface area contributed by atoms with Gasteiger partial charge in [-0.25, -0.2) is 0 Å². The largest absolute Gasteiger partial charge is 0.382 e. The van der Waals surface area contributed by atoms with Crippen molar-refractivity contribution >= 4 is 0 Å². The minimum atomic E-state index is 0.394. The van der Waals surface area contributed by atoms with Crippen LogP contribution in [-0.2, 0) is 9.57 Å². The summed E-state index contributed by atoms with van der Waals surface area (Å²) < 4.78 is 4.97. The summed E-state index contributed by atoms with van der Waals surface area (Å²) in [6, 6.07) is 0.512. The molecule has 0 aromatic carbocycles. The maximum absolute atomic E-state index is 5.49. The molecule has 2 saturated carbocycles. The Balaban J connectivity index is 1.89. The first-order chi connectivity index (χ1) is 7.52. The molecule has 16 heavy (non-hydrogen) atoms. The van der Waals surface area contributed by atoms with Crippen LogP contribution >= 0.6 is 0 Å². The van der Waals surface area contributed by atoms with Crippen LogP contribution in [0.25, 0.3) is 0 Å². The number of hydrogen-bond acceptors (Lipinski definition) is 3. The predicted octanol–water partition coefficient (Wildman–Crippen LogP) is 2.37. The maximum Gasteiger partial charge on any atom is 0.0915 e. The molecule has 0 aliphatic heterocycles. The number of hydroxylamine groups is 1. The lowest BCUT2D eigenvalue weighted by molar-refractivity contribution is -0.0444. The van der Waals surface area contributed by atoms with Gasteiger partial charge < -0.3 is 4.74 Å². The van der Waals surface area contributed by atoms with Gasteiger partial charge in [-0.1, -0.05) is 20.8 Å². The number of nitrogens with one attached hydrogen (secondary N) is 1. The van der Waals surface area contributed by atoms with E-state index in [-0.39, 0.29) is 0 Å². The molecule has 0 heterocycles. The van der Waals surface area contributed by atoms with Gasteiger partial charge in [0.2, 0.25) is 0 Å². The summed E-state index contributed by atoms with van der Waals surface area (Å²) in [6.45, 7) is 8.54. The minimum absolute atomic E-state index is 0.394. The zero-order valence-electron chi connectivity index (χ0n) is 11.0. The van der Waals surface area contributed by atoms with Crippen LogP contribution in [0.2, 0.25) is 0 Å². The van der Waals surface area contributed by atoms with Gasteiger partial charge in [0.1, 0.15) is 0 Å². The molecule has 0 saturated heterocycles. The normalized spacial score (nSPS) is 40.5. The molecule has 3 nitrogen and oxygen atoms in total. The minimum Gasteiger partial charge on any atom is -0.382 e. The van der Waals surface area contributed by atoms with Gasteiger partial charge in [0.05, 0.1) is 13.2 Å². The summed E-state index contributed by atoms with van der Waals surface area (Å²) >= 11 is 0. The molecular formula is C13H25NO2. The molecule has 2 aliphatic rings. The van der Waals surface area contributed by atoms with Crippen LogP contribution in [0.3, 0.4) is 0 Å². The topological polar surface area (TPSA) is 30.5 Å². The monoisotopic (exact) mass is 227 g/mol. The van der Waals surface area contributed by atoms with Crippen LogP contribution in [0.4, 0.5) is 0 Å². The smallest absolute Gasteiger partial charge is 0.0915 e. The van der Waals surface area contributed by atoms with E-state index in [4.69, 9.17) is 9.57 Å². The second-order valence-electron chi connectivity index (χ2n) is 6.12. The maximum atomic E-state index is 5.49. The predicted molar refractivity (Wildman–Crippen MR) is 64.0 cm³/mol. The van der Waals surface area contributed by atoms with Gasteiger partial charge >= 0.3 is 0 Å². The fourth-order valence-electron chi connectivity index (χ4n) is 3.67. The van der Waals surface area contributed by atoms with Crippen molar-refractivity contribution in [3.05, 3.63) is 0 Å². The van der Waals surface area contributed by atoms with E-state index in [1.807, 2.05) is 0 Å². The molecule has 2 bridgehead atoms. The molecule has 2 aliphatic carbocycles. The zero-order chi connectivity index (χ0) is 11.8. The summed E-state index contributed by atoms with van der Waals surface area (Å²) in [6.07, 6.45) is 3.98. The molecule has 3 atom stereocenters. The lowest BCUT2D eigenvalue weighted by Gasteiger charge is -2.39. The summed E-state index contributed by atoms with van der Waals surface area (Å²) in [5.74, 6) is 0.862. The molecule has 94 valence electrons. The number of fused-ring (bicyclic) bond motifs is 2. The van der Waals surface area contributed by atoms with Crippen LogP contribution < -0.4 is 5.48 Å². The average molecular weight is 227 g/mol. The number of hydrogen-bond donors (Lipinski definition) is 1. The van der Waals surface area contributed by atoms with Crippen molar-refractivity contribution in [1.82, 2.24) is 5.48 Å². The highest BCUT2D eigenvalue weighted by Gasteiger charge is 2.61. The van der Waals surface area contributed by atoms with E-state index in [9.17, 15) is 0 Å². The zero-order valence-corrected chi connectivity index (χ0v) is 11.0. The number of rotatable bonds is 5. The first-order valence-electron chi connectivity index (χ1n) is 6.38. The molecule has 2 rings (SSSR count). The summed E-state index contributed by atoms with van der Waals surface area (Å²) in [5, 5.41) is 0. The van der Waals surface area contributed by atoms with E-state index in [0.29, 0.717) is 30.1 Å². The molecule has 0 spiro atoms. The Kier molecular flexibility index (Phi) is 3.30. The molecule has 3 heteroatoms. The molecule has 3 unspecified atom stereocenters. The van der Waals surface area contributed by atoms with Gasteiger partial charge in [-0.3, -0.25) is 4.84 Å². The second kappa shape index (κ2) is 4.28. The third-order valence-electron chi connectivity index (χ3n) is 5.41. The summed E-state index contributed by atoms with van der Waals surface area (Å²) in [4.78, 5) is 5.49. The van der Waals surface area contributed by atoms with Crippen molar-refractivity contribution in [1.29, 1.82) is 0 Å². The van der Waals surface area contributed by atoms with Crippen molar-refractivity contribution in [2.24, 2.45) is 16.7 Å². The van der Waals surface area contributed by atoms with E-state index in [1.54, 1.807) is 7.11 Å². The fourth-order valence-corrected chi connectivity index (χ4v) is 3.67.